The second-order valence-corrected chi connectivity index (χ2v) is 5.90. The summed E-state index contributed by atoms with van der Waals surface area (Å²) >= 11 is 0. The van der Waals surface area contributed by atoms with Crippen molar-refractivity contribution in [2.75, 3.05) is 6.61 Å². The number of carboxylic acids is 1. The summed E-state index contributed by atoms with van der Waals surface area (Å²) in [6, 6.07) is 6.08. The summed E-state index contributed by atoms with van der Waals surface area (Å²) in [7, 11) is 0. The minimum Gasteiger partial charge on any atom is -0.508 e. The Morgan fingerprint density at radius 1 is 0.957 bits per heavy atom. The van der Waals surface area contributed by atoms with E-state index in [1.165, 1.54) is 19.3 Å². The van der Waals surface area contributed by atoms with Crippen LogP contribution >= 0.6 is 0 Å². The Balaban J connectivity index is 1.85. The number of rotatable bonds is 13. The van der Waals surface area contributed by atoms with E-state index >= 15 is 0 Å². The highest BCUT2D eigenvalue weighted by atomic mass is 16.5. The maximum Gasteiger partial charge on any atom is 0.320 e. The van der Waals surface area contributed by atoms with Gasteiger partial charge in [0.2, 0.25) is 0 Å². The number of hydrogen-bond donors (Lipinski definition) is 3. The number of benzene rings is 1. The van der Waals surface area contributed by atoms with Crippen LogP contribution in [0.1, 0.15) is 57.8 Å². The van der Waals surface area contributed by atoms with Crippen molar-refractivity contribution in [2.24, 2.45) is 5.73 Å². The first-order valence-electron chi connectivity index (χ1n) is 8.50. The van der Waals surface area contributed by atoms with E-state index in [4.69, 9.17) is 20.7 Å². The number of aliphatic carboxylic acids is 1. The molecule has 1 aromatic rings. The Labute approximate surface area is 138 Å². The Kier molecular flexibility index (Phi) is 9.87. The van der Waals surface area contributed by atoms with E-state index < -0.39 is 12.0 Å². The molecular formula is C18H29NO4. The molecule has 4 N–H and O–H groups in total. The van der Waals surface area contributed by atoms with Gasteiger partial charge in [-0.25, -0.2) is 0 Å². The van der Waals surface area contributed by atoms with Gasteiger partial charge in [-0.1, -0.05) is 44.9 Å². The fourth-order valence-corrected chi connectivity index (χ4v) is 2.38. The molecule has 0 saturated heterocycles. The van der Waals surface area contributed by atoms with Gasteiger partial charge >= 0.3 is 5.97 Å². The van der Waals surface area contributed by atoms with Gasteiger partial charge < -0.3 is 20.7 Å². The number of nitrogens with two attached hydrogens (primary N) is 1. The third-order valence-corrected chi connectivity index (χ3v) is 3.83. The molecule has 0 fully saturated rings. The van der Waals surface area contributed by atoms with Crippen LogP contribution in [0.25, 0.3) is 0 Å². The monoisotopic (exact) mass is 323 g/mol. The predicted molar refractivity (Wildman–Crippen MR) is 90.8 cm³/mol. The molecule has 130 valence electrons. The second-order valence-electron chi connectivity index (χ2n) is 5.90. The molecule has 0 heterocycles. The normalized spacial score (nSPS) is 12.0. The molecule has 0 spiro atoms. The molecule has 0 aromatic heterocycles. The lowest BCUT2D eigenvalue weighted by Crippen LogP contribution is -2.29. The smallest absolute Gasteiger partial charge is 0.320 e. The first kappa shape index (κ1) is 19.3. The summed E-state index contributed by atoms with van der Waals surface area (Å²) in [4.78, 5) is 10.5. The average Bonchev–Trinajstić information content (AvgIpc) is 2.54. The number of ether oxygens (including phenoxy) is 1. The molecular weight excluding hydrogens is 294 g/mol. The van der Waals surface area contributed by atoms with Crippen molar-refractivity contribution in [3.05, 3.63) is 24.3 Å². The summed E-state index contributed by atoms with van der Waals surface area (Å²) in [5, 5.41) is 17.8. The first-order chi connectivity index (χ1) is 11.1. The minimum atomic E-state index is -0.903. The molecule has 0 aliphatic heterocycles. The van der Waals surface area contributed by atoms with E-state index in [9.17, 15) is 4.79 Å². The number of aromatic hydroxyl groups is 1. The summed E-state index contributed by atoms with van der Waals surface area (Å²) in [5.41, 5.74) is 5.45. The maximum atomic E-state index is 10.5. The lowest BCUT2D eigenvalue weighted by Gasteiger charge is -2.07. The predicted octanol–water partition coefficient (Wildman–Crippen LogP) is 3.69. The van der Waals surface area contributed by atoms with Gasteiger partial charge in [-0.05, 0) is 37.1 Å². The maximum absolute atomic E-state index is 10.5. The molecule has 0 radical (unpaired) electrons. The van der Waals surface area contributed by atoms with Crippen LogP contribution in [-0.2, 0) is 4.79 Å². The fraction of sp³-hybridized carbons (Fsp3) is 0.611. The molecule has 1 rings (SSSR count). The largest absolute Gasteiger partial charge is 0.508 e. The van der Waals surface area contributed by atoms with Gasteiger partial charge in [-0.3, -0.25) is 4.79 Å². The Bertz CT molecular complexity index is 433. The fourth-order valence-electron chi connectivity index (χ4n) is 2.38. The van der Waals surface area contributed by atoms with Crippen LogP contribution in [-0.4, -0.2) is 28.8 Å². The highest BCUT2D eigenvalue weighted by molar-refractivity contribution is 5.72. The minimum absolute atomic E-state index is 0.252. The quantitative estimate of drug-likeness (QED) is 0.481. The van der Waals surface area contributed by atoms with E-state index in [1.54, 1.807) is 24.3 Å². The van der Waals surface area contributed by atoms with Crippen molar-refractivity contribution < 1.29 is 19.7 Å². The number of phenols is 1. The van der Waals surface area contributed by atoms with Crippen molar-refractivity contribution in [3.63, 3.8) is 0 Å². The molecule has 5 heteroatoms. The molecule has 1 atom stereocenters. The van der Waals surface area contributed by atoms with Crippen molar-refractivity contribution in [1.82, 2.24) is 0 Å². The summed E-state index contributed by atoms with van der Waals surface area (Å²) in [6.45, 7) is 0.706. The Morgan fingerprint density at radius 3 is 2.04 bits per heavy atom. The zero-order valence-electron chi connectivity index (χ0n) is 13.7. The van der Waals surface area contributed by atoms with Crippen LogP contribution in [0.4, 0.5) is 0 Å². The number of hydrogen-bond acceptors (Lipinski definition) is 4. The molecule has 0 saturated carbocycles. The lowest BCUT2D eigenvalue weighted by atomic mass is 10.1. The Morgan fingerprint density at radius 2 is 1.48 bits per heavy atom. The van der Waals surface area contributed by atoms with Crippen molar-refractivity contribution in [2.45, 2.75) is 63.8 Å². The molecule has 23 heavy (non-hydrogen) atoms. The highest BCUT2D eigenvalue weighted by Crippen LogP contribution is 2.16. The van der Waals surface area contributed by atoms with Crippen LogP contribution in [0.5, 0.6) is 11.5 Å². The molecule has 0 aliphatic carbocycles. The van der Waals surface area contributed by atoms with Crippen molar-refractivity contribution >= 4 is 5.97 Å². The average molecular weight is 323 g/mol. The van der Waals surface area contributed by atoms with Crippen LogP contribution < -0.4 is 10.5 Å². The van der Waals surface area contributed by atoms with Crippen molar-refractivity contribution in [1.29, 1.82) is 0 Å². The lowest BCUT2D eigenvalue weighted by molar-refractivity contribution is -0.138. The van der Waals surface area contributed by atoms with Gasteiger partial charge in [0.25, 0.3) is 0 Å². The summed E-state index contributed by atoms with van der Waals surface area (Å²) < 4.78 is 5.59. The zero-order chi connectivity index (χ0) is 16.9. The van der Waals surface area contributed by atoms with Crippen LogP contribution in [0.2, 0.25) is 0 Å². The van der Waals surface area contributed by atoms with Gasteiger partial charge in [-0.15, -0.1) is 0 Å². The second kappa shape index (κ2) is 11.8. The Hall–Kier alpha value is -1.75. The first-order valence-corrected chi connectivity index (χ1v) is 8.50. The van der Waals surface area contributed by atoms with Crippen LogP contribution in [0, 0.1) is 0 Å². The number of carbonyl (C=O) groups is 1. The number of unbranched alkanes of at least 4 members (excludes halogenated alkanes) is 7. The topological polar surface area (TPSA) is 92.8 Å². The van der Waals surface area contributed by atoms with Crippen LogP contribution in [0.3, 0.4) is 0 Å². The van der Waals surface area contributed by atoms with E-state index in [1.807, 2.05) is 0 Å². The van der Waals surface area contributed by atoms with Gasteiger partial charge in [0.15, 0.2) is 0 Å². The highest BCUT2D eigenvalue weighted by Gasteiger charge is 2.09. The van der Waals surface area contributed by atoms with E-state index in [-0.39, 0.29) is 5.75 Å². The van der Waals surface area contributed by atoms with Gasteiger partial charge in [0.1, 0.15) is 17.5 Å². The van der Waals surface area contributed by atoms with Crippen molar-refractivity contribution in [3.8, 4) is 11.5 Å². The summed E-state index contributed by atoms with van der Waals surface area (Å²) in [5.74, 6) is 0.143. The zero-order valence-corrected chi connectivity index (χ0v) is 13.7. The third-order valence-electron chi connectivity index (χ3n) is 3.83. The summed E-state index contributed by atoms with van der Waals surface area (Å²) in [6.07, 6.45) is 9.48. The van der Waals surface area contributed by atoms with Gasteiger partial charge in [-0.2, -0.15) is 0 Å². The van der Waals surface area contributed by atoms with E-state index in [0.717, 1.165) is 37.9 Å². The SMILES string of the molecule is NC(CCCCCCCCCCOc1ccc(O)cc1)C(=O)O. The number of carboxylic acid groups (broad SMARTS) is 1. The molecule has 0 bridgehead atoms. The van der Waals surface area contributed by atoms with Crippen LogP contribution in [0.15, 0.2) is 24.3 Å². The molecule has 1 unspecified atom stereocenters. The standard InChI is InChI=1S/C18H29NO4/c19-17(18(21)22)9-7-5-3-1-2-4-6-8-14-23-16-12-10-15(20)11-13-16/h10-13,17,20H,1-9,14,19H2,(H,21,22). The van der Waals surface area contributed by atoms with E-state index in [0.29, 0.717) is 13.0 Å². The molecule has 0 amide bonds. The van der Waals surface area contributed by atoms with Gasteiger partial charge in [0, 0.05) is 0 Å². The number of phenolic OH excluding ortho intramolecular Hbond substituents is 1. The molecule has 5 nitrogen and oxygen atoms in total. The molecule has 1 aromatic carbocycles. The van der Waals surface area contributed by atoms with Gasteiger partial charge in [0.05, 0.1) is 6.61 Å². The van der Waals surface area contributed by atoms with E-state index in [2.05, 4.69) is 0 Å². The molecule has 0 aliphatic rings. The third kappa shape index (κ3) is 9.79.